The van der Waals surface area contributed by atoms with Crippen LogP contribution in [0.25, 0.3) is 0 Å². The van der Waals surface area contributed by atoms with Gasteiger partial charge in [0.05, 0.1) is 27.9 Å². The molecule has 1 aliphatic heterocycles. The lowest BCUT2D eigenvalue weighted by Gasteiger charge is -2.36. The second-order valence-electron chi connectivity index (χ2n) is 11.0. The van der Waals surface area contributed by atoms with Gasteiger partial charge in [-0.05, 0) is 59.5 Å². The summed E-state index contributed by atoms with van der Waals surface area (Å²) in [6.45, 7) is 6.28. The van der Waals surface area contributed by atoms with E-state index < -0.39 is 39.3 Å². The minimum Gasteiger partial charge on any atom is -0.480 e. The standard InChI is InChI=1S/C33H39BrN2O6S/c1-5-7-18-33(6-2)21-36(25-16-12-9-13-17-25)27-19-26(34)28(20-29(27)43(39,40)22-33)42-23(3)31(37)35-30(32(38)41-4)24-14-10-8-11-15-24/h8-17,19-20,23,30H,5-7,18,21-22H2,1-4H3,(H,35,37). The largest absolute Gasteiger partial charge is 0.480 e. The third-order valence-corrected chi connectivity index (χ3v) is 10.6. The van der Waals surface area contributed by atoms with Crippen LogP contribution in [0.4, 0.5) is 11.4 Å². The number of rotatable bonds is 11. The van der Waals surface area contributed by atoms with Crippen molar-refractivity contribution >= 4 is 49.0 Å². The number of amides is 1. The van der Waals surface area contributed by atoms with Crippen LogP contribution < -0.4 is 15.0 Å². The summed E-state index contributed by atoms with van der Waals surface area (Å²) in [6.07, 6.45) is 2.37. The van der Waals surface area contributed by atoms with E-state index >= 15 is 0 Å². The number of nitrogens with one attached hydrogen (secondary N) is 1. The van der Waals surface area contributed by atoms with Crippen molar-refractivity contribution in [2.24, 2.45) is 5.41 Å². The number of carbonyl (C=O) groups excluding carboxylic acids is 2. The molecule has 10 heteroatoms. The first-order valence-electron chi connectivity index (χ1n) is 14.5. The molecule has 8 nitrogen and oxygen atoms in total. The predicted molar refractivity (Wildman–Crippen MR) is 171 cm³/mol. The number of anilines is 2. The van der Waals surface area contributed by atoms with Gasteiger partial charge >= 0.3 is 5.97 Å². The molecule has 1 aliphatic rings. The number of sulfone groups is 1. The summed E-state index contributed by atoms with van der Waals surface area (Å²) < 4.78 is 39.6. The summed E-state index contributed by atoms with van der Waals surface area (Å²) in [6, 6.07) is 20.8. The highest BCUT2D eigenvalue weighted by Crippen LogP contribution is 2.47. The van der Waals surface area contributed by atoms with Crippen molar-refractivity contribution in [2.45, 2.75) is 63.5 Å². The molecule has 3 atom stereocenters. The quantitative estimate of drug-likeness (QED) is 0.225. The van der Waals surface area contributed by atoms with Gasteiger partial charge in [0.2, 0.25) is 0 Å². The lowest BCUT2D eigenvalue weighted by atomic mass is 9.81. The summed E-state index contributed by atoms with van der Waals surface area (Å²) in [5, 5.41) is 2.70. The number of nitrogens with zero attached hydrogens (tertiary/aromatic N) is 1. The molecule has 3 aromatic carbocycles. The Bertz CT molecular complexity index is 1530. The lowest BCUT2D eigenvalue weighted by molar-refractivity contribution is -0.146. The van der Waals surface area contributed by atoms with E-state index in [1.165, 1.54) is 13.2 Å². The van der Waals surface area contributed by atoms with Crippen molar-refractivity contribution in [1.29, 1.82) is 0 Å². The second kappa shape index (κ2) is 13.9. The Morgan fingerprint density at radius 2 is 1.70 bits per heavy atom. The number of hydrogen-bond donors (Lipinski definition) is 1. The first-order chi connectivity index (χ1) is 20.5. The van der Waals surface area contributed by atoms with Gasteiger partial charge in [0.25, 0.3) is 5.91 Å². The van der Waals surface area contributed by atoms with E-state index in [4.69, 9.17) is 9.47 Å². The Kier molecular flexibility index (Phi) is 10.6. The first-order valence-corrected chi connectivity index (χ1v) is 17.0. The maximum absolute atomic E-state index is 14.1. The van der Waals surface area contributed by atoms with Crippen molar-refractivity contribution < 1.29 is 27.5 Å². The minimum absolute atomic E-state index is 0.0157. The molecule has 0 aliphatic carbocycles. The SMILES string of the molecule is CCCCC1(CC)CN(c2ccccc2)c2cc(Br)c(OC(C)C(=O)NC(C(=O)OC)c3ccccc3)cc2S(=O)(=O)C1. The smallest absolute Gasteiger partial charge is 0.333 e. The number of hydrogen-bond acceptors (Lipinski definition) is 7. The van der Waals surface area contributed by atoms with Gasteiger partial charge in [0.15, 0.2) is 22.0 Å². The van der Waals surface area contributed by atoms with Crippen molar-refractivity contribution in [3.05, 3.63) is 82.8 Å². The van der Waals surface area contributed by atoms with E-state index in [1.807, 2.05) is 36.4 Å². The van der Waals surface area contributed by atoms with Crippen LogP contribution in [0.15, 0.2) is 82.2 Å². The highest BCUT2D eigenvalue weighted by molar-refractivity contribution is 9.10. The van der Waals surface area contributed by atoms with Crippen LogP contribution in [0.5, 0.6) is 5.75 Å². The maximum Gasteiger partial charge on any atom is 0.333 e. The number of ether oxygens (including phenoxy) is 2. The van der Waals surface area contributed by atoms with Gasteiger partial charge in [-0.1, -0.05) is 75.2 Å². The molecule has 0 spiro atoms. The molecule has 0 saturated carbocycles. The zero-order chi connectivity index (χ0) is 31.2. The van der Waals surface area contributed by atoms with E-state index in [0.717, 1.165) is 24.9 Å². The van der Waals surface area contributed by atoms with Gasteiger partial charge in [-0.25, -0.2) is 13.2 Å². The Hall–Kier alpha value is -3.37. The van der Waals surface area contributed by atoms with Gasteiger partial charge < -0.3 is 19.7 Å². The molecule has 0 aromatic heterocycles. The van der Waals surface area contributed by atoms with E-state index in [0.29, 0.717) is 28.7 Å². The van der Waals surface area contributed by atoms with E-state index in [9.17, 15) is 18.0 Å². The normalized spacial score (nSPS) is 19.0. The van der Waals surface area contributed by atoms with E-state index in [1.54, 1.807) is 37.3 Å². The lowest BCUT2D eigenvalue weighted by Crippen LogP contribution is -2.41. The number of methoxy groups -OCH3 is 1. The van der Waals surface area contributed by atoms with E-state index in [-0.39, 0.29) is 16.4 Å². The highest BCUT2D eigenvalue weighted by atomic mass is 79.9. The molecular formula is C33H39BrN2O6S. The van der Waals surface area contributed by atoms with Crippen LogP contribution in [0.2, 0.25) is 0 Å². The number of carbonyl (C=O) groups is 2. The average Bonchev–Trinajstić information content (AvgIpc) is 3.11. The van der Waals surface area contributed by atoms with Gasteiger partial charge in [-0.2, -0.15) is 0 Å². The monoisotopic (exact) mass is 670 g/mol. The van der Waals surface area contributed by atoms with Crippen molar-refractivity contribution in [3.8, 4) is 5.75 Å². The zero-order valence-electron chi connectivity index (χ0n) is 25.0. The van der Waals surface area contributed by atoms with Crippen molar-refractivity contribution in [1.82, 2.24) is 5.32 Å². The molecule has 4 rings (SSSR count). The first kappa shape index (κ1) is 32.5. The molecule has 1 amide bonds. The summed E-state index contributed by atoms with van der Waals surface area (Å²) in [7, 11) is -2.48. The van der Waals surface area contributed by atoms with Gasteiger partial charge in [0, 0.05) is 23.7 Å². The average molecular weight is 672 g/mol. The third-order valence-electron chi connectivity index (χ3n) is 8.04. The summed E-state index contributed by atoms with van der Waals surface area (Å²) in [5.41, 5.74) is 1.59. The Balaban J connectivity index is 1.70. The molecule has 0 radical (unpaired) electrons. The summed E-state index contributed by atoms with van der Waals surface area (Å²) >= 11 is 3.57. The topological polar surface area (TPSA) is 102 Å². The number of para-hydroxylation sites is 1. The maximum atomic E-state index is 14.1. The van der Waals surface area contributed by atoms with Crippen LogP contribution in [0.1, 0.15) is 58.1 Å². The van der Waals surface area contributed by atoms with Crippen LogP contribution in [-0.4, -0.2) is 45.8 Å². The Morgan fingerprint density at radius 3 is 2.30 bits per heavy atom. The second-order valence-corrected chi connectivity index (χ2v) is 13.8. The number of benzene rings is 3. The molecule has 3 unspecified atom stereocenters. The molecule has 230 valence electrons. The molecule has 1 heterocycles. The third kappa shape index (κ3) is 7.41. The minimum atomic E-state index is -3.74. The molecule has 43 heavy (non-hydrogen) atoms. The Labute approximate surface area is 262 Å². The molecule has 0 bridgehead atoms. The van der Waals surface area contributed by atoms with Crippen molar-refractivity contribution in [2.75, 3.05) is 24.3 Å². The highest BCUT2D eigenvalue weighted by Gasteiger charge is 2.42. The van der Waals surface area contributed by atoms with Crippen LogP contribution >= 0.6 is 15.9 Å². The summed E-state index contributed by atoms with van der Waals surface area (Å²) in [4.78, 5) is 27.9. The predicted octanol–water partition coefficient (Wildman–Crippen LogP) is 6.76. The van der Waals surface area contributed by atoms with Crippen LogP contribution in [-0.2, 0) is 24.2 Å². The molecule has 0 fully saturated rings. The van der Waals surface area contributed by atoms with E-state index in [2.05, 4.69) is 40.0 Å². The molecule has 1 N–H and O–H groups in total. The Morgan fingerprint density at radius 1 is 1.05 bits per heavy atom. The van der Waals surface area contributed by atoms with Gasteiger partial charge in [0.1, 0.15) is 5.75 Å². The van der Waals surface area contributed by atoms with Gasteiger partial charge in [-0.15, -0.1) is 0 Å². The fraction of sp³-hybridized carbons (Fsp3) is 0.394. The number of halogens is 1. The summed E-state index contributed by atoms with van der Waals surface area (Å²) in [5.74, 6) is -0.946. The number of unbranched alkanes of at least 4 members (excludes halogenated alkanes) is 1. The molecule has 0 saturated heterocycles. The molecule has 3 aromatic rings. The number of fused-ring (bicyclic) bond motifs is 1. The van der Waals surface area contributed by atoms with Crippen LogP contribution in [0.3, 0.4) is 0 Å². The fourth-order valence-electron chi connectivity index (χ4n) is 5.50. The van der Waals surface area contributed by atoms with Gasteiger partial charge in [-0.3, -0.25) is 4.79 Å². The van der Waals surface area contributed by atoms with Crippen molar-refractivity contribution in [3.63, 3.8) is 0 Å². The number of esters is 1. The zero-order valence-corrected chi connectivity index (χ0v) is 27.4. The fourth-order valence-corrected chi connectivity index (χ4v) is 8.10. The van der Waals surface area contributed by atoms with Crippen LogP contribution in [0, 0.1) is 5.41 Å². The molecular weight excluding hydrogens is 632 g/mol.